The van der Waals surface area contributed by atoms with Gasteiger partial charge in [-0.3, -0.25) is 0 Å². The summed E-state index contributed by atoms with van der Waals surface area (Å²) in [5, 5.41) is 8.46. The zero-order valence-electron chi connectivity index (χ0n) is 9.02. The van der Waals surface area contributed by atoms with Crippen molar-refractivity contribution in [3.8, 4) is 0 Å². The molecule has 0 aliphatic heterocycles. The molecule has 2 aliphatic rings. The molecule has 15 heavy (non-hydrogen) atoms. The molecule has 2 N–H and O–H groups in total. The molecule has 0 amide bonds. The van der Waals surface area contributed by atoms with Gasteiger partial charge in [0, 0.05) is 19.0 Å². The summed E-state index contributed by atoms with van der Waals surface area (Å²) >= 11 is 0. The van der Waals surface area contributed by atoms with Gasteiger partial charge >= 0.3 is 0 Å². The molecule has 0 saturated heterocycles. The average Bonchev–Trinajstić information content (AvgIpc) is 2.88. The number of aromatic nitrogens is 3. The number of nitrogens with two attached hydrogens (primary N) is 1. The summed E-state index contributed by atoms with van der Waals surface area (Å²) in [5.74, 6) is 1.55. The number of hydrogen-bond donors (Lipinski definition) is 1. The van der Waals surface area contributed by atoms with Crippen LogP contribution < -0.4 is 5.73 Å². The van der Waals surface area contributed by atoms with E-state index in [1.165, 1.54) is 37.8 Å². The predicted molar refractivity (Wildman–Crippen MR) is 57.2 cm³/mol. The first-order chi connectivity index (χ1) is 7.38. The van der Waals surface area contributed by atoms with Crippen LogP contribution in [0.4, 0.5) is 0 Å². The first-order valence-electron chi connectivity index (χ1n) is 6.01. The van der Waals surface area contributed by atoms with Crippen LogP contribution in [-0.2, 0) is 13.1 Å². The average molecular weight is 206 g/mol. The molecule has 1 aromatic rings. The van der Waals surface area contributed by atoms with E-state index in [4.69, 9.17) is 5.73 Å². The van der Waals surface area contributed by atoms with Crippen molar-refractivity contribution in [2.45, 2.75) is 51.1 Å². The second kappa shape index (κ2) is 3.59. The van der Waals surface area contributed by atoms with E-state index in [2.05, 4.69) is 15.0 Å². The summed E-state index contributed by atoms with van der Waals surface area (Å²) in [7, 11) is 0. The van der Waals surface area contributed by atoms with Gasteiger partial charge in [-0.1, -0.05) is 11.6 Å². The lowest BCUT2D eigenvalue weighted by Crippen LogP contribution is -2.18. The van der Waals surface area contributed by atoms with Crippen molar-refractivity contribution >= 4 is 0 Å². The van der Waals surface area contributed by atoms with Gasteiger partial charge in [0.05, 0.1) is 11.4 Å². The van der Waals surface area contributed by atoms with Gasteiger partial charge in [0.1, 0.15) is 0 Å². The van der Waals surface area contributed by atoms with Crippen LogP contribution in [0.2, 0.25) is 0 Å². The predicted octanol–water partition coefficient (Wildman–Crippen LogP) is 1.41. The molecule has 4 nitrogen and oxygen atoms in total. The fourth-order valence-electron chi connectivity index (χ4n) is 2.31. The van der Waals surface area contributed by atoms with Crippen molar-refractivity contribution in [3.05, 3.63) is 11.4 Å². The molecule has 2 aliphatic carbocycles. The standard InChI is InChI=1S/C11H18N4/c12-6-10-11(9-2-1-3-9)15(14-13-10)7-8-4-5-8/h8-9H,1-7,12H2. The second-order valence-corrected chi connectivity index (χ2v) is 4.88. The summed E-state index contributed by atoms with van der Waals surface area (Å²) in [5.41, 5.74) is 8.08. The van der Waals surface area contributed by atoms with Crippen LogP contribution >= 0.6 is 0 Å². The van der Waals surface area contributed by atoms with Gasteiger partial charge in [0.15, 0.2) is 0 Å². The highest BCUT2D eigenvalue weighted by Gasteiger charge is 2.30. The smallest absolute Gasteiger partial charge is 0.0997 e. The largest absolute Gasteiger partial charge is 0.325 e. The van der Waals surface area contributed by atoms with Gasteiger partial charge in [-0.05, 0) is 31.6 Å². The Balaban J connectivity index is 1.86. The molecule has 2 fully saturated rings. The van der Waals surface area contributed by atoms with Crippen LogP contribution in [0.1, 0.15) is 49.4 Å². The number of rotatable bonds is 4. The molecule has 1 aromatic heterocycles. The van der Waals surface area contributed by atoms with E-state index in [-0.39, 0.29) is 0 Å². The van der Waals surface area contributed by atoms with Gasteiger partial charge < -0.3 is 5.73 Å². The molecule has 0 bridgehead atoms. The number of hydrogen-bond acceptors (Lipinski definition) is 3. The highest BCUT2D eigenvalue weighted by Crippen LogP contribution is 2.39. The lowest BCUT2D eigenvalue weighted by Gasteiger charge is -2.26. The van der Waals surface area contributed by atoms with Crippen LogP contribution in [0.25, 0.3) is 0 Å². The molecule has 0 aromatic carbocycles. The van der Waals surface area contributed by atoms with Crippen molar-refractivity contribution < 1.29 is 0 Å². The normalized spacial score (nSPS) is 21.7. The summed E-state index contributed by atoms with van der Waals surface area (Å²) in [6, 6.07) is 0. The van der Waals surface area contributed by atoms with Gasteiger partial charge in [-0.25, -0.2) is 4.68 Å². The highest BCUT2D eigenvalue weighted by atomic mass is 15.4. The van der Waals surface area contributed by atoms with Crippen molar-refractivity contribution in [1.29, 1.82) is 0 Å². The quantitative estimate of drug-likeness (QED) is 0.810. The van der Waals surface area contributed by atoms with Crippen molar-refractivity contribution in [2.24, 2.45) is 11.7 Å². The highest BCUT2D eigenvalue weighted by molar-refractivity contribution is 5.18. The van der Waals surface area contributed by atoms with Crippen LogP contribution in [0, 0.1) is 5.92 Å². The van der Waals surface area contributed by atoms with Crippen LogP contribution in [0.5, 0.6) is 0 Å². The van der Waals surface area contributed by atoms with Gasteiger partial charge in [-0.2, -0.15) is 0 Å². The van der Waals surface area contributed by atoms with Gasteiger partial charge in [0.2, 0.25) is 0 Å². The maximum Gasteiger partial charge on any atom is 0.0997 e. The Morgan fingerprint density at radius 2 is 2.07 bits per heavy atom. The Morgan fingerprint density at radius 3 is 2.60 bits per heavy atom. The van der Waals surface area contributed by atoms with E-state index < -0.39 is 0 Å². The Bertz CT molecular complexity index is 349. The first kappa shape index (κ1) is 9.33. The van der Waals surface area contributed by atoms with Gasteiger partial charge in [0.25, 0.3) is 0 Å². The minimum absolute atomic E-state index is 0.538. The summed E-state index contributed by atoms with van der Waals surface area (Å²) in [4.78, 5) is 0. The van der Waals surface area contributed by atoms with E-state index in [1.54, 1.807) is 0 Å². The van der Waals surface area contributed by atoms with Gasteiger partial charge in [-0.15, -0.1) is 5.10 Å². The summed E-state index contributed by atoms with van der Waals surface area (Å²) in [6.45, 7) is 1.61. The van der Waals surface area contributed by atoms with E-state index >= 15 is 0 Å². The summed E-state index contributed by atoms with van der Waals surface area (Å²) in [6.07, 6.45) is 6.67. The van der Waals surface area contributed by atoms with E-state index in [9.17, 15) is 0 Å². The maximum atomic E-state index is 5.71. The molecule has 0 radical (unpaired) electrons. The van der Waals surface area contributed by atoms with E-state index in [1.807, 2.05) is 0 Å². The Labute approximate surface area is 89.8 Å². The Hall–Kier alpha value is -0.900. The topological polar surface area (TPSA) is 56.7 Å². The third-order valence-corrected chi connectivity index (χ3v) is 3.66. The molecular weight excluding hydrogens is 188 g/mol. The first-order valence-corrected chi connectivity index (χ1v) is 6.01. The molecular formula is C11H18N4. The lowest BCUT2D eigenvalue weighted by atomic mass is 9.82. The fraction of sp³-hybridized carbons (Fsp3) is 0.818. The maximum absolute atomic E-state index is 5.71. The molecule has 2 saturated carbocycles. The van der Waals surface area contributed by atoms with Crippen molar-refractivity contribution in [2.75, 3.05) is 0 Å². The fourth-order valence-corrected chi connectivity index (χ4v) is 2.31. The molecule has 82 valence electrons. The zero-order chi connectivity index (χ0) is 10.3. The molecule has 4 heteroatoms. The zero-order valence-corrected chi connectivity index (χ0v) is 9.02. The molecule has 3 rings (SSSR count). The molecule has 0 atom stereocenters. The SMILES string of the molecule is NCc1nnn(CC2CC2)c1C1CCC1. The monoisotopic (exact) mass is 206 g/mol. The molecule has 0 unspecified atom stereocenters. The van der Waals surface area contributed by atoms with Crippen LogP contribution in [0.3, 0.4) is 0 Å². The van der Waals surface area contributed by atoms with Crippen molar-refractivity contribution in [1.82, 2.24) is 15.0 Å². The van der Waals surface area contributed by atoms with Crippen LogP contribution in [-0.4, -0.2) is 15.0 Å². The third kappa shape index (κ3) is 1.67. The van der Waals surface area contributed by atoms with Crippen molar-refractivity contribution in [3.63, 3.8) is 0 Å². The molecule has 0 spiro atoms. The van der Waals surface area contributed by atoms with Crippen LogP contribution in [0.15, 0.2) is 0 Å². The minimum Gasteiger partial charge on any atom is -0.325 e. The second-order valence-electron chi connectivity index (χ2n) is 4.88. The molecule has 1 heterocycles. The van der Waals surface area contributed by atoms with E-state index in [0.29, 0.717) is 12.5 Å². The number of nitrogens with zero attached hydrogens (tertiary/aromatic N) is 3. The van der Waals surface area contributed by atoms with E-state index in [0.717, 1.165) is 18.2 Å². The minimum atomic E-state index is 0.538. The Morgan fingerprint density at radius 1 is 1.27 bits per heavy atom. The lowest BCUT2D eigenvalue weighted by molar-refractivity contribution is 0.380. The Kier molecular flexibility index (Phi) is 2.24. The summed E-state index contributed by atoms with van der Waals surface area (Å²) < 4.78 is 2.13. The third-order valence-electron chi connectivity index (χ3n) is 3.66.